The Hall–Kier alpha value is -1.84. The zero-order chi connectivity index (χ0) is 21.6. The number of carbonyl (C=O) groups excluding carboxylic acids is 1. The molecule has 0 fully saturated rings. The molecule has 2 rings (SSSR count). The fourth-order valence-electron chi connectivity index (χ4n) is 2.86. The Morgan fingerprint density at radius 3 is 2.31 bits per heavy atom. The molecule has 5 nitrogen and oxygen atoms in total. The summed E-state index contributed by atoms with van der Waals surface area (Å²) in [5, 5.41) is 0. The molecular formula is C23H33BrN4O. The molecule has 0 saturated heterocycles. The van der Waals surface area contributed by atoms with Gasteiger partial charge >= 0.3 is 0 Å². The van der Waals surface area contributed by atoms with Crippen LogP contribution in [0.5, 0.6) is 0 Å². The van der Waals surface area contributed by atoms with E-state index < -0.39 is 0 Å². The fourth-order valence-corrected chi connectivity index (χ4v) is 3.33. The number of halogens is 1. The summed E-state index contributed by atoms with van der Waals surface area (Å²) in [5.74, 6) is 7.53. The lowest BCUT2D eigenvalue weighted by atomic mass is 10.1. The molecular weight excluding hydrogens is 428 g/mol. The summed E-state index contributed by atoms with van der Waals surface area (Å²) >= 11 is 3.51. The van der Waals surface area contributed by atoms with Gasteiger partial charge in [-0.25, -0.2) is 4.98 Å². The van der Waals surface area contributed by atoms with Gasteiger partial charge in [-0.15, -0.1) is 0 Å². The van der Waals surface area contributed by atoms with Crippen molar-refractivity contribution >= 4 is 27.5 Å². The fraction of sp³-hybridized carbons (Fsp3) is 0.565. The number of aromatic nitrogens is 2. The maximum Gasteiger partial charge on any atom is 0.255 e. The normalized spacial score (nSPS) is 11.4. The molecule has 2 heterocycles. The molecule has 0 saturated carbocycles. The van der Waals surface area contributed by atoms with E-state index in [9.17, 15) is 4.79 Å². The summed E-state index contributed by atoms with van der Waals surface area (Å²) in [5.41, 5.74) is 2.22. The number of amides is 1. The van der Waals surface area contributed by atoms with Crippen LogP contribution in [-0.2, 0) is 0 Å². The van der Waals surface area contributed by atoms with Crippen LogP contribution in [0.25, 0.3) is 5.65 Å². The monoisotopic (exact) mass is 460 g/mol. The van der Waals surface area contributed by atoms with Gasteiger partial charge < -0.3 is 4.90 Å². The lowest BCUT2D eigenvalue weighted by Gasteiger charge is -2.24. The van der Waals surface area contributed by atoms with Crippen molar-refractivity contribution in [2.45, 2.75) is 40.5 Å². The molecule has 0 atom stereocenters. The van der Waals surface area contributed by atoms with Crippen LogP contribution in [0, 0.1) is 23.7 Å². The number of imidazole rings is 1. The first-order valence-electron chi connectivity index (χ1n) is 10.3. The molecule has 0 aliphatic carbocycles. The standard InChI is InChI=1S/C23H33BrN4O/c1-17(2)11-14-27(15-12-18(3)4)23(29)19-9-10-21-25-22(24)20(28(21)16-19)8-7-13-26(5)6/h9-10,16-18H,11-15H2,1-6H3. The largest absolute Gasteiger partial charge is 0.339 e. The zero-order valence-electron chi connectivity index (χ0n) is 18.5. The predicted octanol–water partition coefficient (Wildman–Crippen LogP) is 4.54. The van der Waals surface area contributed by atoms with Gasteiger partial charge in [0, 0.05) is 19.3 Å². The second kappa shape index (κ2) is 10.8. The van der Waals surface area contributed by atoms with Crippen molar-refractivity contribution in [1.29, 1.82) is 0 Å². The number of hydrogen-bond acceptors (Lipinski definition) is 3. The van der Waals surface area contributed by atoms with Gasteiger partial charge in [0.15, 0.2) is 0 Å². The number of carbonyl (C=O) groups is 1. The number of fused-ring (bicyclic) bond motifs is 1. The van der Waals surface area contributed by atoms with Crippen molar-refractivity contribution < 1.29 is 4.79 Å². The number of hydrogen-bond donors (Lipinski definition) is 0. The Bertz CT molecular complexity index is 877. The minimum atomic E-state index is 0.0743. The Balaban J connectivity index is 2.33. The molecule has 0 bridgehead atoms. The van der Waals surface area contributed by atoms with Gasteiger partial charge in [0.25, 0.3) is 5.91 Å². The Kier molecular flexibility index (Phi) is 8.73. The SMILES string of the molecule is CC(C)CCN(CCC(C)C)C(=O)c1ccc2nc(Br)c(C#CCN(C)C)n2c1. The highest BCUT2D eigenvalue weighted by Crippen LogP contribution is 2.19. The van der Waals surface area contributed by atoms with Crippen molar-refractivity contribution in [3.63, 3.8) is 0 Å². The van der Waals surface area contributed by atoms with E-state index in [0.717, 1.165) is 37.3 Å². The highest BCUT2D eigenvalue weighted by atomic mass is 79.9. The number of rotatable bonds is 8. The highest BCUT2D eigenvalue weighted by Gasteiger charge is 2.18. The molecule has 29 heavy (non-hydrogen) atoms. The molecule has 0 aromatic carbocycles. The summed E-state index contributed by atoms with van der Waals surface area (Å²) in [6, 6.07) is 3.75. The van der Waals surface area contributed by atoms with Crippen molar-refractivity contribution in [2.75, 3.05) is 33.7 Å². The smallest absolute Gasteiger partial charge is 0.255 e. The molecule has 158 valence electrons. The number of nitrogens with zero attached hydrogens (tertiary/aromatic N) is 4. The van der Waals surface area contributed by atoms with Crippen LogP contribution >= 0.6 is 15.9 Å². The van der Waals surface area contributed by atoms with Gasteiger partial charge in [-0.2, -0.15) is 0 Å². The first kappa shape index (κ1) is 23.4. The summed E-state index contributed by atoms with van der Waals surface area (Å²) < 4.78 is 2.60. The molecule has 0 spiro atoms. The first-order chi connectivity index (χ1) is 13.7. The second-order valence-electron chi connectivity index (χ2n) is 8.59. The highest BCUT2D eigenvalue weighted by molar-refractivity contribution is 9.10. The van der Waals surface area contributed by atoms with Crippen molar-refractivity contribution in [1.82, 2.24) is 19.2 Å². The lowest BCUT2D eigenvalue weighted by Crippen LogP contribution is -2.34. The van der Waals surface area contributed by atoms with Gasteiger partial charge in [-0.05, 0) is 72.8 Å². The minimum absolute atomic E-state index is 0.0743. The molecule has 0 aliphatic heterocycles. The summed E-state index contributed by atoms with van der Waals surface area (Å²) in [7, 11) is 3.97. The first-order valence-corrected chi connectivity index (χ1v) is 11.1. The van der Waals surface area contributed by atoms with Crippen LogP contribution in [-0.4, -0.2) is 58.8 Å². The van der Waals surface area contributed by atoms with Crippen LogP contribution in [0.3, 0.4) is 0 Å². The van der Waals surface area contributed by atoms with E-state index in [2.05, 4.69) is 60.4 Å². The maximum atomic E-state index is 13.3. The van der Waals surface area contributed by atoms with Crippen LogP contribution in [0.4, 0.5) is 0 Å². The van der Waals surface area contributed by atoms with Crippen molar-refractivity contribution in [2.24, 2.45) is 11.8 Å². The van der Waals surface area contributed by atoms with E-state index in [1.54, 1.807) is 0 Å². The van der Waals surface area contributed by atoms with Crippen molar-refractivity contribution in [3.05, 3.63) is 34.2 Å². The Morgan fingerprint density at radius 2 is 1.76 bits per heavy atom. The second-order valence-corrected chi connectivity index (χ2v) is 9.35. The minimum Gasteiger partial charge on any atom is -0.339 e. The van der Waals surface area contributed by atoms with E-state index in [4.69, 9.17) is 0 Å². The van der Waals surface area contributed by atoms with Crippen LogP contribution < -0.4 is 0 Å². The van der Waals surface area contributed by atoms with E-state index in [-0.39, 0.29) is 5.91 Å². The predicted molar refractivity (Wildman–Crippen MR) is 123 cm³/mol. The average molecular weight is 461 g/mol. The van der Waals surface area contributed by atoms with Gasteiger partial charge in [-0.1, -0.05) is 33.6 Å². The van der Waals surface area contributed by atoms with E-state index in [1.807, 2.05) is 46.6 Å². The molecule has 0 N–H and O–H groups in total. The van der Waals surface area contributed by atoms with Gasteiger partial charge in [0.2, 0.25) is 0 Å². The molecule has 0 aliphatic rings. The lowest BCUT2D eigenvalue weighted by molar-refractivity contribution is 0.0740. The van der Waals surface area contributed by atoms with Gasteiger partial charge in [-0.3, -0.25) is 14.1 Å². The quantitative estimate of drug-likeness (QED) is 0.542. The zero-order valence-corrected chi connectivity index (χ0v) is 20.1. The molecule has 6 heteroatoms. The van der Waals surface area contributed by atoms with E-state index >= 15 is 0 Å². The Morgan fingerprint density at radius 1 is 1.14 bits per heavy atom. The number of pyridine rings is 1. The summed E-state index contributed by atoms with van der Waals surface area (Å²) in [6.07, 6.45) is 3.88. The third kappa shape index (κ3) is 6.87. The third-order valence-electron chi connectivity index (χ3n) is 4.66. The van der Waals surface area contributed by atoms with Crippen LogP contribution in [0.1, 0.15) is 56.6 Å². The van der Waals surface area contributed by atoms with Gasteiger partial charge in [0.05, 0.1) is 12.1 Å². The molecule has 2 aromatic heterocycles. The summed E-state index contributed by atoms with van der Waals surface area (Å²) in [6.45, 7) is 11.0. The van der Waals surface area contributed by atoms with Crippen LogP contribution in [0.2, 0.25) is 0 Å². The molecule has 2 aromatic rings. The summed E-state index contributed by atoms with van der Waals surface area (Å²) in [4.78, 5) is 21.8. The topological polar surface area (TPSA) is 40.9 Å². The maximum absolute atomic E-state index is 13.3. The van der Waals surface area contributed by atoms with Crippen molar-refractivity contribution in [3.8, 4) is 11.8 Å². The van der Waals surface area contributed by atoms with E-state index in [1.165, 1.54) is 0 Å². The average Bonchev–Trinajstić information content (AvgIpc) is 2.95. The van der Waals surface area contributed by atoms with E-state index in [0.29, 0.717) is 28.5 Å². The molecule has 0 radical (unpaired) electrons. The molecule has 0 unspecified atom stereocenters. The molecule has 1 amide bonds. The van der Waals surface area contributed by atoms with Crippen LogP contribution in [0.15, 0.2) is 22.9 Å². The van der Waals surface area contributed by atoms with Gasteiger partial charge in [0.1, 0.15) is 15.9 Å². The third-order valence-corrected chi connectivity index (χ3v) is 5.22. The Labute approximate surface area is 183 Å².